The van der Waals surface area contributed by atoms with Crippen molar-refractivity contribution in [3.8, 4) is 0 Å². The predicted molar refractivity (Wildman–Crippen MR) is 69.5 cm³/mol. The number of hydrogen-bond acceptors (Lipinski definition) is 5. The molecule has 0 saturated carbocycles. The van der Waals surface area contributed by atoms with Crippen LogP contribution < -0.4 is 5.32 Å². The summed E-state index contributed by atoms with van der Waals surface area (Å²) in [5, 5.41) is 3.35. The summed E-state index contributed by atoms with van der Waals surface area (Å²) in [6, 6.07) is 0. The molecule has 2 heterocycles. The predicted octanol–water partition coefficient (Wildman–Crippen LogP) is 1.91. The summed E-state index contributed by atoms with van der Waals surface area (Å²) in [5.41, 5.74) is 2.21. The molecule has 1 aromatic heterocycles. The number of anilines is 1. The van der Waals surface area contributed by atoms with Gasteiger partial charge in [-0.1, -0.05) is 6.92 Å². The second kappa shape index (κ2) is 6.66. The summed E-state index contributed by atoms with van der Waals surface area (Å²) in [6.45, 7) is 7.53. The molecule has 0 saturated heterocycles. The monoisotopic (exact) mass is 251 g/mol. The van der Waals surface area contributed by atoms with Crippen molar-refractivity contribution in [2.75, 3.05) is 25.1 Å². The van der Waals surface area contributed by atoms with Crippen molar-refractivity contribution in [3.05, 3.63) is 17.1 Å². The highest BCUT2D eigenvalue weighted by Crippen LogP contribution is 2.22. The second-order valence-corrected chi connectivity index (χ2v) is 4.28. The lowest BCUT2D eigenvalue weighted by molar-refractivity contribution is 0.107. The van der Waals surface area contributed by atoms with Gasteiger partial charge in [0, 0.05) is 25.1 Å². The van der Waals surface area contributed by atoms with E-state index in [1.807, 2.05) is 6.92 Å². The van der Waals surface area contributed by atoms with Crippen LogP contribution in [0.5, 0.6) is 0 Å². The fraction of sp³-hybridized carbons (Fsp3) is 0.692. The van der Waals surface area contributed by atoms with Gasteiger partial charge in [-0.2, -0.15) is 0 Å². The van der Waals surface area contributed by atoms with Gasteiger partial charge in [-0.3, -0.25) is 0 Å². The number of aromatic nitrogens is 2. The third kappa shape index (κ3) is 3.17. The lowest BCUT2D eigenvalue weighted by Crippen LogP contribution is -2.18. The number of hydrogen-bond donors (Lipinski definition) is 1. The molecule has 0 bridgehead atoms. The Bertz CT molecular complexity index is 396. The van der Waals surface area contributed by atoms with Gasteiger partial charge in [0.1, 0.15) is 12.4 Å². The molecule has 0 amide bonds. The molecule has 5 heteroatoms. The Hall–Kier alpha value is -1.20. The quantitative estimate of drug-likeness (QED) is 0.837. The highest BCUT2D eigenvalue weighted by molar-refractivity contribution is 5.47. The van der Waals surface area contributed by atoms with Gasteiger partial charge < -0.3 is 14.8 Å². The van der Waals surface area contributed by atoms with E-state index in [-0.39, 0.29) is 0 Å². The van der Waals surface area contributed by atoms with Gasteiger partial charge in [-0.05, 0) is 13.3 Å². The third-order valence-electron chi connectivity index (χ3n) is 2.85. The lowest BCUT2D eigenvalue weighted by Gasteiger charge is -2.20. The summed E-state index contributed by atoms with van der Waals surface area (Å²) in [7, 11) is 0. The molecule has 0 aliphatic carbocycles. The van der Waals surface area contributed by atoms with E-state index in [0.717, 1.165) is 48.9 Å². The first-order chi connectivity index (χ1) is 8.85. The van der Waals surface area contributed by atoms with Gasteiger partial charge in [0.25, 0.3) is 0 Å². The Morgan fingerprint density at radius 1 is 1.33 bits per heavy atom. The molecule has 1 aliphatic rings. The first-order valence-electron chi connectivity index (χ1n) is 6.63. The largest absolute Gasteiger partial charge is 0.376 e. The Morgan fingerprint density at radius 2 is 2.22 bits per heavy atom. The van der Waals surface area contributed by atoms with Crippen LogP contribution in [0.3, 0.4) is 0 Å². The van der Waals surface area contributed by atoms with Gasteiger partial charge in [0.05, 0.1) is 18.9 Å². The van der Waals surface area contributed by atoms with Crippen LogP contribution in [0.2, 0.25) is 0 Å². The summed E-state index contributed by atoms with van der Waals surface area (Å²) in [6.07, 6.45) is 1.93. The zero-order valence-electron chi connectivity index (χ0n) is 11.2. The normalized spacial score (nSPS) is 14.3. The summed E-state index contributed by atoms with van der Waals surface area (Å²) in [5.74, 6) is 1.67. The van der Waals surface area contributed by atoms with E-state index in [9.17, 15) is 0 Å². The van der Waals surface area contributed by atoms with E-state index in [0.29, 0.717) is 19.8 Å². The Labute approximate surface area is 108 Å². The fourth-order valence-electron chi connectivity index (χ4n) is 1.93. The molecule has 1 aliphatic heterocycles. The van der Waals surface area contributed by atoms with Crippen molar-refractivity contribution in [2.24, 2.45) is 0 Å². The second-order valence-electron chi connectivity index (χ2n) is 4.28. The van der Waals surface area contributed by atoms with Crippen molar-refractivity contribution in [3.63, 3.8) is 0 Å². The number of nitrogens with zero attached hydrogens (tertiary/aromatic N) is 2. The van der Waals surface area contributed by atoms with E-state index >= 15 is 0 Å². The zero-order chi connectivity index (χ0) is 12.8. The number of ether oxygens (including phenoxy) is 2. The van der Waals surface area contributed by atoms with Crippen LogP contribution in [0, 0.1) is 0 Å². The molecule has 0 radical (unpaired) electrons. The maximum Gasteiger partial charge on any atom is 0.156 e. The van der Waals surface area contributed by atoms with Gasteiger partial charge in [-0.15, -0.1) is 0 Å². The van der Waals surface area contributed by atoms with Crippen LogP contribution >= 0.6 is 0 Å². The SMILES string of the molecule is CCCNc1nc(COCC)nc2c1COCC2. The van der Waals surface area contributed by atoms with Crippen molar-refractivity contribution in [1.82, 2.24) is 9.97 Å². The van der Waals surface area contributed by atoms with Crippen LogP contribution in [-0.2, 0) is 29.1 Å². The van der Waals surface area contributed by atoms with Crippen LogP contribution in [0.1, 0.15) is 37.4 Å². The van der Waals surface area contributed by atoms with Crippen LogP contribution in [0.4, 0.5) is 5.82 Å². The van der Waals surface area contributed by atoms with Crippen LogP contribution in [-0.4, -0.2) is 29.7 Å². The minimum atomic E-state index is 0.478. The average molecular weight is 251 g/mol. The van der Waals surface area contributed by atoms with E-state index in [1.165, 1.54) is 0 Å². The summed E-state index contributed by atoms with van der Waals surface area (Å²) >= 11 is 0. The molecule has 1 N–H and O–H groups in total. The topological polar surface area (TPSA) is 56.3 Å². The van der Waals surface area contributed by atoms with E-state index in [1.54, 1.807) is 0 Å². The van der Waals surface area contributed by atoms with Gasteiger partial charge in [0.2, 0.25) is 0 Å². The molecule has 100 valence electrons. The first-order valence-corrected chi connectivity index (χ1v) is 6.63. The summed E-state index contributed by atoms with van der Waals surface area (Å²) < 4.78 is 10.9. The maximum atomic E-state index is 5.49. The standard InChI is InChI=1S/C13H21N3O2/c1-3-6-14-13-10-8-18-7-5-11(10)15-12(16-13)9-17-4-2/h3-9H2,1-2H3,(H,14,15,16). The molecule has 0 atom stereocenters. The van der Waals surface area contributed by atoms with E-state index in [4.69, 9.17) is 9.47 Å². The first kappa shape index (κ1) is 13.2. The van der Waals surface area contributed by atoms with E-state index < -0.39 is 0 Å². The van der Waals surface area contributed by atoms with Crippen molar-refractivity contribution >= 4 is 5.82 Å². The Morgan fingerprint density at radius 3 is 3.00 bits per heavy atom. The zero-order valence-corrected chi connectivity index (χ0v) is 11.2. The van der Waals surface area contributed by atoms with Gasteiger partial charge >= 0.3 is 0 Å². The van der Waals surface area contributed by atoms with Gasteiger partial charge in [-0.25, -0.2) is 9.97 Å². The molecule has 2 rings (SSSR count). The molecular formula is C13H21N3O2. The van der Waals surface area contributed by atoms with Crippen molar-refractivity contribution < 1.29 is 9.47 Å². The van der Waals surface area contributed by atoms with Crippen molar-refractivity contribution in [1.29, 1.82) is 0 Å². The third-order valence-corrected chi connectivity index (χ3v) is 2.85. The molecule has 18 heavy (non-hydrogen) atoms. The highest BCUT2D eigenvalue weighted by atomic mass is 16.5. The smallest absolute Gasteiger partial charge is 0.156 e. The fourth-order valence-corrected chi connectivity index (χ4v) is 1.93. The van der Waals surface area contributed by atoms with Crippen LogP contribution in [0.25, 0.3) is 0 Å². The van der Waals surface area contributed by atoms with Crippen LogP contribution in [0.15, 0.2) is 0 Å². The molecule has 5 nitrogen and oxygen atoms in total. The molecule has 0 spiro atoms. The molecule has 0 aromatic carbocycles. The van der Waals surface area contributed by atoms with Gasteiger partial charge in [0.15, 0.2) is 5.82 Å². The number of rotatable bonds is 6. The molecule has 1 aromatic rings. The van der Waals surface area contributed by atoms with E-state index in [2.05, 4.69) is 22.2 Å². The van der Waals surface area contributed by atoms with Crippen molar-refractivity contribution in [2.45, 2.75) is 39.9 Å². The molecular weight excluding hydrogens is 230 g/mol. The summed E-state index contributed by atoms with van der Waals surface area (Å²) in [4.78, 5) is 9.10. The minimum absolute atomic E-state index is 0.478. The Balaban J connectivity index is 2.22. The Kier molecular flexibility index (Phi) is 4.90. The molecule has 0 fully saturated rings. The lowest BCUT2D eigenvalue weighted by atomic mass is 10.1. The number of nitrogens with one attached hydrogen (secondary N) is 1. The minimum Gasteiger partial charge on any atom is -0.376 e. The maximum absolute atomic E-state index is 5.49. The number of fused-ring (bicyclic) bond motifs is 1. The molecule has 0 unspecified atom stereocenters. The average Bonchev–Trinajstić information content (AvgIpc) is 2.42. The highest BCUT2D eigenvalue weighted by Gasteiger charge is 2.17.